The molecule has 4 rings (SSSR count). The number of halogens is 1. The summed E-state index contributed by atoms with van der Waals surface area (Å²) in [5.74, 6) is -0.0810. The Morgan fingerprint density at radius 3 is 1.81 bits per heavy atom. The Morgan fingerprint density at radius 1 is 0.889 bits per heavy atom. The van der Waals surface area contributed by atoms with Crippen molar-refractivity contribution < 1.29 is 28.4 Å². The fourth-order valence-corrected chi connectivity index (χ4v) is 3.78. The average Bonchev–Trinajstić information content (AvgIpc) is 3.02. The number of nitrogens with two attached hydrogens (primary N) is 1. The number of carbonyl (C=O) groups is 2. The van der Waals surface area contributed by atoms with Crippen molar-refractivity contribution in [2.75, 3.05) is 0 Å². The minimum Gasteiger partial charge on any atom is -0.483 e. The van der Waals surface area contributed by atoms with E-state index >= 15 is 0 Å². The van der Waals surface area contributed by atoms with Crippen molar-refractivity contribution in [2.45, 2.75) is 66.1 Å². The molecular formula is C28H37BFNO5. The van der Waals surface area contributed by atoms with Crippen LogP contribution in [0.3, 0.4) is 0 Å². The Labute approximate surface area is 213 Å². The van der Waals surface area contributed by atoms with Gasteiger partial charge in [-0.25, -0.2) is 4.39 Å². The molecular weight excluding hydrogens is 460 g/mol. The highest BCUT2D eigenvalue weighted by Gasteiger charge is 2.52. The van der Waals surface area contributed by atoms with Gasteiger partial charge in [-0.05, 0) is 87.0 Å². The van der Waals surface area contributed by atoms with Gasteiger partial charge >= 0.3 is 7.12 Å². The molecule has 1 amide bonds. The van der Waals surface area contributed by atoms with E-state index in [1.54, 1.807) is 6.07 Å². The van der Waals surface area contributed by atoms with Crippen molar-refractivity contribution in [2.24, 2.45) is 5.73 Å². The van der Waals surface area contributed by atoms with Crippen LogP contribution in [0.2, 0.25) is 0 Å². The van der Waals surface area contributed by atoms with Gasteiger partial charge < -0.3 is 20.1 Å². The summed E-state index contributed by atoms with van der Waals surface area (Å²) in [5, 5.41) is 9.37. The first-order chi connectivity index (χ1) is 16.9. The van der Waals surface area contributed by atoms with Gasteiger partial charge in [-0.1, -0.05) is 55.5 Å². The van der Waals surface area contributed by atoms with Crippen LogP contribution < -0.4 is 11.2 Å². The van der Waals surface area contributed by atoms with Gasteiger partial charge in [-0.15, -0.1) is 0 Å². The zero-order valence-corrected chi connectivity index (χ0v) is 22.2. The third-order valence-electron chi connectivity index (χ3n) is 6.39. The van der Waals surface area contributed by atoms with Crippen LogP contribution in [0.1, 0.15) is 51.3 Å². The molecule has 3 N–H and O–H groups in total. The lowest BCUT2D eigenvalue weighted by Gasteiger charge is -2.32. The maximum absolute atomic E-state index is 12.9. The van der Waals surface area contributed by atoms with Crippen LogP contribution in [0.5, 0.6) is 0 Å². The van der Waals surface area contributed by atoms with Crippen molar-refractivity contribution in [3.63, 3.8) is 0 Å². The minimum absolute atomic E-state index is 0.0810. The van der Waals surface area contributed by atoms with E-state index in [-0.39, 0.29) is 37.0 Å². The molecule has 0 saturated carbocycles. The summed E-state index contributed by atoms with van der Waals surface area (Å²) < 4.78 is 25.2. The summed E-state index contributed by atoms with van der Waals surface area (Å²) in [4.78, 5) is 16.9. The molecule has 194 valence electrons. The predicted molar refractivity (Wildman–Crippen MR) is 144 cm³/mol. The summed E-state index contributed by atoms with van der Waals surface area (Å²) in [6, 6.07) is 17.9. The monoisotopic (exact) mass is 497 g/mol. The summed E-state index contributed by atoms with van der Waals surface area (Å²) in [7, 11) is -0.300. The number of aryl methyl sites for hydroxylation is 2. The van der Waals surface area contributed by atoms with E-state index in [1.807, 2.05) is 19.9 Å². The van der Waals surface area contributed by atoms with Crippen LogP contribution in [0.25, 0.3) is 10.8 Å². The first-order valence-electron chi connectivity index (χ1n) is 11.7. The fraction of sp³-hybridized carbons (Fsp3) is 0.357. The van der Waals surface area contributed by atoms with Gasteiger partial charge in [0.25, 0.3) is 6.47 Å². The van der Waals surface area contributed by atoms with Gasteiger partial charge in [0.15, 0.2) is 0 Å². The summed E-state index contributed by atoms with van der Waals surface area (Å²) >= 11 is 0. The van der Waals surface area contributed by atoms with E-state index in [2.05, 4.69) is 76.8 Å². The van der Waals surface area contributed by atoms with Crippen molar-refractivity contribution in [3.05, 3.63) is 77.1 Å². The molecule has 1 aliphatic rings. The first-order valence-corrected chi connectivity index (χ1v) is 11.7. The largest absolute Gasteiger partial charge is 0.495 e. The predicted octanol–water partition coefficient (Wildman–Crippen LogP) is 4.95. The fourth-order valence-electron chi connectivity index (χ4n) is 3.78. The van der Waals surface area contributed by atoms with Gasteiger partial charge in [0.1, 0.15) is 5.82 Å². The quantitative estimate of drug-likeness (QED) is 0.386. The first kappa shape index (κ1) is 30.8. The van der Waals surface area contributed by atoms with E-state index in [1.165, 1.54) is 22.4 Å². The van der Waals surface area contributed by atoms with Gasteiger partial charge in [-0.2, -0.15) is 0 Å². The van der Waals surface area contributed by atoms with E-state index in [9.17, 15) is 4.39 Å². The number of hydrogen-bond donors (Lipinski definition) is 2. The lowest BCUT2D eigenvalue weighted by molar-refractivity contribution is -0.122. The average molecular weight is 497 g/mol. The number of rotatable bonds is 2. The zero-order valence-electron chi connectivity index (χ0n) is 22.2. The van der Waals surface area contributed by atoms with Crippen LogP contribution in [0.15, 0.2) is 54.6 Å². The van der Waals surface area contributed by atoms with Gasteiger partial charge in [0, 0.05) is 0 Å². The Balaban J connectivity index is 0.000000339. The SMILES string of the molecule is CCc1c(C)cccc1F.Cc1cccc2c(B3OC(C)(C)C(C)(C)O3)cccc12.NC=O.O=CO. The number of hydrogen-bond acceptors (Lipinski definition) is 4. The van der Waals surface area contributed by atoms with E-state index in [0.717, 1.165) is 23.0 Å². The molecule has 36 heavy (non-hydrogen) atoms. The van der Waals surface area contributed by atoms with Gasteiger partial charge in [0.05, 0.1) is 11.2 Å². The molecule has 0 bridgehead atoms. The third-order valence-corrected chi connectivity index (χ3v) is 6.39. The van der Waals surface area contributed by atoms with E-state index < -0.39 is 0 Å². The van der Waals surface area contributed by atoms with Crippen molar-refractivity contribution in [1.82, 2.24) is 0 Å². The lowest BCUT2D eigenvalue weighted by atomic mass is 9.76. The van der Waals surface area contributed by atoms with Crippen molar-refractivity contribution in [3.8, 4) is 0 Å². The molecule has 1 aliphatic heterocycles. The number of fused-ring (bicyclic) bond motifs is 1. The maximum Gasteiger partial charge on any atom is 0.495 e. The van der Waals surface area contributed by atoms with Crippen LogP contribution in [0, 0.1) is 19.7 Å². The second-order valence-corrected chi connectivity index (χ2v) is 9.24. The molecule has 3 aromatic carbocycles. The highest BCUT2D eigenvalue weighted by atomic mass is 19.1. The van der Waals surface area contributed by atoms with Crippen LogP contribution in [-0.4, -0.2) is 36.3 Å². The number of primary amides is 1. The smallest absolute Gasteiger partial charge is 0.483 e. The molecule has 0 aliphatic carbocycles. The molecule has 0 aromatic heterocycles. The molecule has 1 saturated heterocycles. The number of carboxylic acid groups (broad SMARTS) is 1. The van der Waals surface area contributed by atoms with Crippen LogP contribution >= 0.6 is 0 Å². The molecule has 3 aromatic rings. The Kier molecular flexibility index (Phi) is 11.8. The van der Waals surface area contributed by atoms with Crippen molar-refractivity contribution >= 4 is 36.2 Å². The van der Waals surface area contributed by atoms with Gasteiger partial charge in [-0.3, -0.25) is 9.59 Å². The van der Waals surface area contributed by atoms with E-state index in [4.69, 9.17) is 24.0 Å². The van der Waals surface area contributed by atoms with Crippen LogP contribution in [0.4, 0.5) is 4.39 Å². The summed E-state index contributed by atoms with van der Waals surface area (Å²) in [5.41, 5.74) is 7.84. The Bertz CT molecular complexity index is 1110. The second-order valence-electron chi connectivity index (χ2n) is 9.24. The molecule has 0 unspecified atom stereocenters. The second kappa shape index (κ2) is 13.8. The Hall–Kier alpha value is -3.23. The number of benzene rings is 3. The highest BCUT2D eigenvalue weighted by Crippen LogP contribution is 2.37. The molecule has 0 spiro atoms. The third kappa shape index (κ3) is 7.64. The number of amides is 1. The minimum atomic E-state index is -0.302. The molecule has 1 heterocycles. The molecule has 6 nitrogen and oxygen atoms in total. The Morgan fingerprint density at radius 2 is 1.33 bits per heavy atom. The normalized spacial score (nSPS) is 14.8. The molecule has 8 heteroatoms. The summed E-state index contributed by atoms with van der Waals surface area (Å²) in [6.07, 6.45) is 1.03. The highest BCUT2D eigenvalue weighted by molar-refractivity contribution is 6.65. The molecule has 0 radical (unpaired) electrons. The van der Waals surface area contributed by atoms with Crippen molar-refractivity contribution in [1.29, 1.82) is 0 Å². The zero-order chi connectivity index (χ0) is 27.5. The van der Waals surface area contributed by atoms with E-state index in [0.29, 0.717) is 0 Å². The topological polar surface area (TPSA) is 98.9 Å². The lowest BCUT2D eigenvalue weighted by Crippen LogP contribution is -2.41. The summed E-state index contributed by atoms with van der Waals surface area (Å²) in [6.45, 7) is 14.1. The standard InChI is InChI=1S/C17H21BO2.C9H11F.CH3NO.CH2O2/c1-12-8-6-10-14-13(12)9-7-11-15(14)18-19-16(2,3)17(4,5)20-18;1-3-8-7(2)5-4-6-9(8)10;2*2-1-3/h6-11H,1-5H3;4-6H,3H2,1-2H3;1H,(H2,2,3);1H,(H,2,3). The molecule has 0 atom stereocenters. The van der Waals surface area contributed by atoms with Gasteiger partial charge in [0.2, 0.25) is 6.41 Å². The van der Waals surface area contributed by atoms with Crippen LogP contribution in [-0.2, 0) is 25.3 Å². The number of carbonyl (C=O) groups excluding carboxylic acids is 1. The maximum atomic E-state index is 12.9. The molecule has 1 fully saturated rings.